The van der Waals surface area contributed by atoms with Crippen LogP contribution in [0.25, 0.3) is 0 Å². The summed E-state index contributed by atoms with van der Waals surface area (Å²) in [7, 11) is 0. The highest BCUT2D eigenvalue weighted by molar-refractivity contribution is 5.75. The number of rotatable bonds is 6. The van der Waals surface area contributed by atoms with Crippen molar-refractivity contribution in [3.63, 3.8) is 0 Å². The SMILES string of the molecule is CC(F)COc1cc(CNC(=O)NC23CC(C2)[C@@H](F)C3)ccn1. The summed E-state index contributed by atoms with van der Waals surface area (Å²) in [5.74, 6) is 0.443. The molecule has 126 valence electrons. The molecule has 1 aromatic heterocycles. The number of carbonyl (C=O) groups is 1. The number of nitrogens with zero attached hydrogens (tertiary/aromatic N) is 1. The minimum absolute atomic E-state index is 0.0571. The minimum Gasteiger partial charge on any atom is -0.475 e. The average molecular weight is 325 g/mol. The third kappa shape index (κ3) is 3.71. The van der Waals surface area contributed by atoms with Crippen molar-refractivity contribution >= 4 is 6.03 Å². The quantitative estimate of drug-likeness (QED) is 0.845. The van der Waals surface area contributed by atoms with Gasteiger partial charge in [0, 0.05) is 30.8 Å². The van der Waals surface area contributed by atoms with Crippen LogP contribution in [0, 0.1) is 5.92 Å². The predicted octanol–water partition coefficient (Wildman–Crippen LogP) is 2.51. The lowest BCUT2D eigenvalue weighted by Crippen LogP contribution is -2.54. The fourth-order valence-electron chi connectivity index (χ4n) is 3.37. The number of hydrogen-bond acceptors (Lipinski definition) is 3. The Morgan fingerprint density at radius 3 is 2.96 bits per heavy atom. The van der Waals surface area contributed by atoms with E-state index in [1.165, 1.54) is 6.92 Å². The molecule has 3 fully saturated rings. The van der Waals surface area contributed by atoms with Crippen molar-refractivity contribution < 1.29 is 18.3 Å². The highest BCUT2D eigenvalue weighted by Gasteiger charge is 2.57. The molecule has 2 atom stereocenters. The number of carbonyl (C=O) groups excluding carboxylic acids is 1. The minimum atomic E-state index is -1.07. The molecule has 1 heterocycles. The van der Waals surface area contributed by atoms with Gasteiger partial charge >= 0.3 is 6.03 Å². The van der Waals surface area contributed by atoms with Gasteiger partial charge in [-0.2, -0.15) is 0 Å². The highest BCUT2D eigenvalue weighted by atomic mass is 19.1. The second-order valence-corrected chi connectivity index (χ2v) is 6.57. The van der Waals surface area contributed by atoms with Crippen molar-refractivity contribution in [2.75, 3.05) is 6.61 Å². The standard InChI is InChI=1S/C16H21F2N3O2/c1-10(17)9-23-14-4-11(2-3-19-14)8-20-15(22)21-16-5-12(6-16)13(18)7-16/h2-4,10,12-13H,5-9H2,1H3,(H2,20,21,22)/t10?,12?,13-,16?/m0/s1. The summed E-state index contributed by atoms with van der Waals surface area (Å²) in [5, 5.41) is 5.64. The summed E-state index contributed by atoms with van der Waals surface area (Å²) in [6.45, 7) is 1.65. The Bertz CT molecular complexity index is 576. The van der Waals surface area contributed by atoms with Crippen LogP contribution in [0.5, 0.6) is 5.88 Å². The molecule has 0 aliphatic heterocycles. The molecule has 7 heteroatoms. The van der Waals surface area contributed by atoms with Crippen molar-refractivity contribution in [3.05, 3.63) is 23.9 Å². The molecule has 1 aromatic rings. The van der Waals surface area contributed by atoms with Crippen LogP contribution in [0.15, 0.2) is 18.3 Å². The van der Waals surface area contributed by atoms with Gasteiger partial charge in [-0.3, -0.25) is 0 Å². The largest absolute Gasteiger partial charge is 0.475 e. The van der Waals surface area contributed by atoms with Gasteiger partial charge in [-0.05, 0) is 37.3 Å². The monoisotopic (exact) mass is 325 g/mol. The number of nitrogens with one attached hydrogen (secondary N) is 2. The topological polar surface area (TPSA) is 63.2 Å². The smallest absolute Gasteiger partial charge is 0.315 e. The van der Waals surface area contributed by atoms with Crippen molar-refractivity contribution in [2.24, 2.45) is 5.92 Å². The van der Waals surface area contributed by atoms with E-state index in [4.69, 9.17) is 4.74 Å². The first-order valence-corrected chi connectivity index (χ1v) is 7.88. The van der Waals surface area contributed by atoms with Crippen molar-refractivity contribution in [2.45, 2.75) is 50.6 Å². The fraction of sp³-hybridized carbons (Fsp3) is 0.625. The number of urea groups is 1. The number of alkyl halides is 2. The molecule has 3 aliphatic rings. The maximum absolute atomic E-state index is 13.5. The molecular weight excluding hydrogens is 304 g/mol. The first kappa shape index (κ1) is 16.0. The van der Waals surface area contributed by atoms with Crippen LogP contribution >= 0.6 is 0 Å². The van der Waals surface area contributed by atoms with E-state index in [0.717, 1.165) is 18.4 Å². The number of fused-ring (bicyclic) bond motifs is 1. The second-order valence-electron chi connectivity index (χ2n) is 6.57. The second kappa shape index (κ2) is 6.29. The van der Waals surface area contributed by atoms with Gasteiger partial charge in [0.25, 0.3) is 0 Å². The lowest BCUT2D eigenvalue weighted by Gasteiger charge is -2.38. The molecule has 5 nitrogen and oxygen atoms in total. The lowest BCUT2D eigenvalue weighted by molar-refractivity contribution is 0.168. The number of ether oxygens (including phenoxy) is 1. The molecule has 2 bridgehead atoms. The molecule has 1 unspecified atom stereocenters. The zero-order chi connectivity index (χ0) is 16.4. The van der Waals surface area contributed by atoms with E-state index in [0.29, 0.717) is 18.8 Å². The molecule has 23 heavy (non-hydrogen) atoms. The Hall–Kier alpha value is -1.92. The lowest BCUT2D eigenvalue weighted by atomic mass is 9.77. The van der Waals surface area contributed by atoms with Crippen molar-refractivity contribution in [1.29, 1.82) is 0 Å². The summed E-state index contributed by atoms with van der Waals surface area (Å²) in [5.41, 5.74) is 0.452. The maximum Gasteiger partial charge on any atom is 0.315 e. The van der Waals surface area contributed by atoms with E-state index in [9.17, 15) is 13.6 Å². The zero-order valence-electron chi connectivity index (χ0n) is 13.0. The van der Waals surface area contributed by atoms with Gasteiger partial charge in [0.2, 0.25) is 5.88 Å². The highest BCUT2D eigenvalue weighted by Crippen LogP contribution is 2.53. The van der Waals surface area contributed by atoms with Crippen molar-refractivity contribution in [3.8, 4) is 5.88 Å². The number of amides is 2. The third-order valence-electron chi connectivity index (χ3n) is 4.50. The number of halogens is 2. The molecular formula is C16H21F2N3O2. The first-order chi connectivity index (χ1) is 11.0. The molecule has 0 radical (unpaired) electrons. The number of hydrogen-bond donors (Lipinski definition) is 2. The van der Waals surface area contributed by atoms with E-state index < -0.39 is 12.3 Å². The summed E-state index contributed by atoms with van der Waals surface area (Å²) in [6, 6.07) is 3.11. The molecule has 4 rings (SSSR count). The van der Waals surface area contributed by atoms with E-state index in [1.54, 1.807) is 18.3 Å². The van der Waals surface area contributed by atoms with Gasteiger partial charge in [0.1, 0.15) is 19.0 Å². The summed E-state index contributed by atoms with van der Waals surface area (Å²) in [4.78, 5) is 16.0. The molecule has 3 saturated carbocycles. The Morgan fingerprint density at radius 1 is 1.52 bits per heavy atom. The van der Waals surface area contributed by atoms with E-state index in [-0.39, 0.29) is 24.1 Å². The van der Waals surface area contributed by atoms with Gasteiger partial charge in [-0.1, -0.05) is 0 Å². The Balaban J connectivity index is 1.46. The van der Waals surface area contributed by atoms with Gasteiger partial charge in [-0.15, -0.1) is 0 Å². The van der Waals surface area contributed by atoms with Gasteiger partial charge in [0.05, 0.1) is 0 Å². The molecule has 0 spiro atoms. The van der Waals surface area contributed by atoms with E-state index in [2.05, 4.69) is 15.6 Å². The summed E-state index contributed by atoms with van der Waals surface area (Å²) >= 11 is 0. The van der Waals surface area contributed by atoms with Crippen LogP contribution in [-0.2, 0) is 6.54 Å². The molecule has 0 saturated heterocycles. The van der Waals surface area contributed by atoms with Gasteiger partial charge in [-0.25, -0.2) is 18.6 Å². The average Bonchev–Trinajstić information content (AvgIpc) is 2.95. The third-order valence-corrected chi connectivity index (χ3v) is 4.50. The summed E-state index contributed by atoms with van der Waals surface area (Å²) < 4.78 is 31.4. The fourth-order valence-corrected chi connectivity index (χ4v) is 3.37. The maximum atomic E-state index is 13.5. The molecule has 2 N–H and O–H groups in total. The summed E-state index contributed by atoms with van der Waals surface area (Å²) in [6.07, 6.45) is 1.58. The Kier molecular flexibility index (Phi) is 4.37. The van der Waals surface area contributed by atoms with E-state index >= 15 is 0 Å². The normalized spacial score (nSPS) is 29.5. The predicted molar refractivity (Wildman–Crippen MR) is 80.6 cm³/mol. The number of pyridine rings is 1. The van der Waals surface area contributed by atoms with Crippen LogP contribution in [0.2, 0.25) is 0 Å². The van der Waals surface area contributed by atoms with E-state index in [1.807, 2.05) is 0 Å². The van der Waals surface area contributed by atoms with Crippen molar-refractivity contribution in [1.82, 2.24) is 15.6 Å². The Labute approximate surface area is 133 Å². The van der Waals surface area contributed by atoms with Crippen LogP contribution in [0.3, 0.4) is 0 Å². The van der Waals surface area contributed by atoms with Crippen LogP contribution in [0.4, 0.5) is 13.6 Å². The van der Waals surface area contributed by atoms with Gasteiger partial charge in [0.15, 0.2) is 0 Å². The molecule has 3 aliphatic carbocycles. The Morgan fingerprint density at radius 2 is 2.30 bits per heavy atom. The first-order valence-electron chi connectivity index (χ1n) is 7.88. The molecule has 2 amide bonds. The number of aromatic nitrogens is 1. The van der Waals surface area contributed by atoms with Crippen LogP contribution in [-0.4, -0.2) is 35.5 Å². The van der Waals surface area contributed by atoms with Crippen LogP contribution < -0.4 is 15.4 Å². The van der Waals surface area contributed by atoms with Crippen LogP contribution in [0.1, 0.15) is 31.7 Å². The molecule has 0 aromatic carbocycles. The van der Waals surface area contributed by atoms with Gasteiger partial charge < -0.3 is 15.4 Å². The zero-order valence-corrected chi connectivity index (χ0v) is 13.0.